The van der Waals surface area contributed by atoms with Crippen LogP contribution in [0.1, 0.15) is 16.1 Å². The van der Waals surface area contributed by atoms with E-state index in [0.29, 0.717) is 32.2 Å². The minimum atomic E-state index is -1.16. The summed E-state index contributed by atoms with van der Waals surface area (Å²) in [5.74, 6) is -1.55. The van der Waals surface area contributed by atoms with Gasteiger partial charge in [0.15, 0.2) is 0 Å². The maximum Gasteiger partial charge on any atom is 0.352 e. The average Bonchev–Trinajstić information content (AvgIpc) is 2.93. The molecule has 0 bridgehead atoms. The predicted octanol–water partition coefficient (Wildman–Crippen LogP) is 4.44. The average molecular weight is 398 g/mol. The number of carboxylic acids is 1. The van der Waals surface area contributed by atoms with Gasteiger partial charge in [-0.15, -0.1) is 0 Å². The number of para-hydroxylation sites is 1. The molecular formula is C18H12Cl2N2NaO3. The molecule has 0 aliphatic rings. The second-order valence-electron chi connectivity index (χ2n) is 5.22. The van der Waals surface area contributed by atoms with Gasteiger partial charge in [0.25, 0.3) is 0 Å². The van der Waals surface area contributed by atoms with Crippen molar-refractivity contribution in [3.05, 3.63) is 69.8 Å². The number of H-pyrrole nitrogens is 1. The Hall–Kier alpha value is -1.76. The summed E-state index contributed by atoms with van der Waals surface area (Å²) in [6.45, 7) is 0. The van der Waals surface area contributed by atoms with Crippen LogP contribution in [0.25, 0.3) is 17.0 Å². The Morgan fingerprint density at radius 2 is 1.81 bits per heavy atom. The first kappa shape index (κ1) is 20.6. The molecule has 0 aliphatic carbocycles. The summed E-state index contributed by atoms with van der Waals surface area (Å²) >= 11 is 12.1. The van der Waals surface area contributed by atoms with E-state index in [1.165, 1.54) is 18.2 Å². The zero-order valence-corrected chi connectivity index (χ0v) is 17.2. The molecule has 3 aromatic rings. The van der Waals surface area contributed by atoms with Gasteiger partial charge in [-0.2, -0.15) is 0 Å². The first-order valence-corrected chi connectivity index (χ1v) is 7.99. The molecule has 0 unspecified atom stereocenters. The van der Waals surface area contributed by atoms with Crippen molar-refractivity contribution in [2.75, 3.05) is 5.32 Å². The Kier molecular flexibility index (Phi) is 6.92. The van der Waals surface area contributed by atoms with Gasteiger partial charge in [0.1, 0.15) is 5.69 Å². The van der Waals surface area contributed by atoms with E-state index in [1.807, 2.05) is 6.07 Å². The van der Waals surface area contributed by atoms with Gasteiger partial charge in [0, 0.05) is 62.8 Å². The molecular weight excluding hydrogens is 386 g/mol. The Morgan fingerprint density at radius 1 is 1.12 bits per heavy atom. The number of hydrogen-bond acceptors (Lipinski definition) is 2. The van der Waals surface area contributed by atoms with Gasteiger partial charge in [0.2, 0.25) is 5.91 Å². The second kappa shape index (κ2) is 8.75. The number of fused-ring (bicyclic) bond motifs is 1. The quantitative estimate of drug-likeness (QED) is 0.449. The molecule has 0 saturated heterocycles. The number of nitrogens with one attached hydrogen (secondary N) is 2. The minimum Gasteiger partial charge on any atom is -0.477 e. The largest absolute Gasteiger partial charge is 0.477 e. The topological polar surface area (TPSA) is 82.2 Å². The molecule has 0 spiro atoms. The SMILES string of the molecule is O=C(C=Cc1c(C(=O)O)[nH]c2cc(Cl)cc(Cl)c12)Nc1ccccc1.[Na]. The molecule has 8 heteroatoms. The van der Waals surface area contributed by atoms with E-state index in [-0.39, 0.29) is 41.2 Å². The predicted molar refractivity (Wildman–Crippen MR) is 105 cm³/mol. The number of aromatic carboxylic acids is 1. The molecule has 1 radical (unpaired) electrons. The molecule has 5 nitrogen and oxygen atoms in total. The van der Waals surface area contributed by atoms with E-state index in [2.05, 4.69) is 10.3 Å². The Morgan fingerprint density at radius 3 is 2.46 bits per heavy atom. The van der Waals surface area contributed by atoms with Crippen molar-refractivity contribution in [3.63, 3.8) is 0 Å². The standard InChI is InChI=1S/C18H12Cl2N2O3.Na/c19-10-8-13(20)16-12(17(18(24)25)22-14(16)9-10)6-7-15(23)21-11-4-2-1-3-5-11;/h1-9,22H,(H,21,23)(H,24,25);. The molecule has 26 heavy (non-hydrogen) atoms. The number of aromatic nitrogens is 1. The summed E-state index contributed by atoms with van der Waals surface area (Å²) in [5, 5.41) is 13.2. The number of carboxylic acid groups (broad SMARTS) is 1. The molecule has 0 atom stereocenters. The Balaban J connectivity index is 0.00000243. The summed E-state index contributed by atoms with van der Waals surface area (Å²) in [6, 6.07) is 12.0. The number of rotatable bonds is 4. The van der Waals surface area contributed by atoms with Crippen molar-refractivity contribution in [3.8, 4) is 0 Å². The minimum absolute atomic E-state index is 0. The van der Waals surface area contributed by atoms with E-state index < -0.39 is 5.97 Å². The monoisotopic (exact) mass is 397 g/mol. The molecule has 0 saturated carbocycles. The first-order chi connectivity index (χ1) is 12.0. The summed E-state index contributed by atoms with van der Waals surface area (Å²) < 4.78 is 0. The molecule has 3 rings (SSSR count). The van der Waals surface area contributed by atoms with E-state index in [0.717, 1.165) is 0 Å². The van der Waals surface area contributed by atoms with Crippen LogP contribution in [0.5, 0.6) is 0 Å². The van der Waals surface area contributed by atoms with Crippen LogP contribution in [0.3, 0.4) is 0 Å². The van der Waals surface area contributed by atoms with Crippen LogP contribution in [0.2, 0.25) is 10.0 Å². The number of carbonyl (C=O) groups is 2. The zero-order chi connectivity index (χ0) is 18.0. The van der Waals surface area contributed by atoms with Crippen LogP contribution < -0.4 is 5.32 Å². The van der Waals surface area contributed by atoms with E-state index in [1.54, 1.807) is 30.3 Å². The zero-order valence-electron chi connectivity index (χ0n) is 13.7. The summed E-state index contributed by atoms with van der Waals surface area (Å²) in [6.07, 6.45) is 2.67. The molecule has 1 aromatic heterocycles. The van der Waals surface area contributed by atoms with Crippen LogP contribution in [-0.2, 0) is 4.79 Å². The number of halogens is 2. The normalized spacial score (nSPS) is 10.7. The van der Waals surface area contributed by atoms with Crippen molar-refractivity contribution in [2.45, 2.75) is 0 Å². The second-order valence-corrected chi connectivity index (χ2v) is 6.06. The molecule has 0 aliphatic heterocycles. The van der Waals surface area contributed by atoms with Crippen molar-refractivity contribution < 1.29 is 14.7 Å². The number of carbonyl (C=O) groups excluding carboxylic acids is 1. The fraction of sp³-hybridized carbons (Fsp3) is 0. The third-order valence-corrected chi connectivity index (χ3v) is 4.03. The van der Waals surface area contributed by atoms with Crippen molar-refractivity contribution in [1.82, 2.24) is 4.98 Å². The van der Waals surface area contributed by atoms with Gasteiger partial charge in [-0.1, -0.05) is 41.4 Å². The van der Waals surface area contributed by atoms with Gasteiger partial charge >= 0.3 is 5.97 Å². The molecule has 1 heterocycles. The van der Waals surface area contributed by atoms with Gasteiger partial charge in [-0.25, -0.2) is 4.79 Å². The van der Waals surface area contributed by atoms with E-state index in [9.17, 15) is 14.7 Å². The van der Waals surface area contributed by atoms with E-state index >= 15 is 0 Å². The van der Waals surface area contributed by atoms with Crippen LogP contribution >= 0.6 is 23.2 Å². The van der Waals surface area contributed by atoms with Crippen LogP contribution in [0.15, 0.2) is 48.5 Å². The number of anilines is 1. The van der Waals surface area contributed by atoms with Crippen molar-refractivity contribution in [1.29, 1.82) is 0 Å². The van der Waals surface area contributed by atoms with Gasteiger partial charge in [-0.05, 0) is 30.3 Å². The Bertz CT molecular complexity index is 1000. The smallest absolute Gasteiger partial charge is 0.352 e. The first-order valence-electron chi connectivity index (χ1n) is 7.24. The fourth-order valence-corrected chi connectivity index (χ4v) is 3.07. The molecule has 127 valence electrons. The summed E-state index contributed by atoms with van der Waals surface area (Å²) in [5.41, 5.74) is 1.37. The van der Waals surface area contributed by atoms with Gasteiger partial charge in [-0.3, -0.25) is 4.79 Å². The number of hydrogen-bond donors (Lipinski definition) is 3. The number of benzene rings is 2. The Labute approximate surface area is 181 Å². The maximum absolute atomic E-state index is 12.1. The van der Waals surface area contributed by atoms with Crippen LogP contribution in [0.4, 0.5) is 5.69 Å². The maximum atomic E-state index is 12.1. The summed E-state index contributed by atoms with van der Waals surface area (Å²) in [7, 11) is 0. The third-order valence-electron chi connectivity index (χ3n) is 3.51. The summed E-state index contributed by atoms with van der Waals surface area (Å²) in [4.78, 5) is 26.3. The number of aromatic amines is 1. The molecule has 1 amide bonds. The van der Waals surface area contributed by atoms with Crippen molar-refractivity contribution in [2.24, 2.45) is 0 Å². The number of amides is 1. The van der Waals surface area contributed by atoms with Gasteiger partial charge < -0.3 is 15.4 Å². The molecule has 3 N–H and O–H groups in total. The van der Waals surface area contributed by atoms with Crippen LogP contribution in [-0.4, -0.2) is 51.5 Å². The van der Waals surface area contributed by atoms with Crippen molar-refractivity contribution >= 4 is 87.3 Å². The third kappa shape index (κ3) is 4.50. The fourth-order valence-electron chi connectivity index (χ4n) is 2.47. The van der Waals surface area contributed by atoms with Crippen LogP contribution in [0, 0.1) is 0 Å². The van der Waals surface area contributed by atoms with E-state index in [4.69, 9.17) is 23.2 Å². The molecule has 0 fully saturated rings. The van der Waals surface area contributed by atoms with Gasteiger partial charge in [0.05, 0.1) is 5.02 Å². The molecule has 2 aromatic carbocycles.